The lowest BCUT2D eigenvalue weighted by Crippen LogP contribution is -2.15. The highest BCUT2D eigenvalue weighted by molar-refractivity contribution is 7.90. The van der Waals surface area contributed by atoms with Gasteiger partial charge in [-0.1, -0.05) is 35.9 Å². The van der Waals surface area contributed by atoms with E-state index in [4.69, 9.17) is 11.6 Å². The average Bonchev–Trinajstić information content (AvgIpc) is 3.18. The molecule has 0 atom stereocenters. The molecule has 1 heterocycles. The zero-order valence-corrected chi connectivity index (χ0v) is 19.1. The number of hydrogen-bond acceptors (Lipinski definition) is 4. The molecule has 0 unspecified atom stereocenters. The zero-order chi connectivity index (χ0) is 23.6. The van der Waals surface area contributed by atoms with Gasteiger partial charge in [-0.15, -0.1) is 0 Å². The number of para-hydroxylation sites is 1. The first-order valence-corrected chi connectivity index (χ1v) is 12.2. The third-order valence-corrected chi connectivity index (χ3v) is 6.47. The van der Waals surface area contributed by atoms with Gasteiger partial charge in [0.2, 0.25) is 5.91 Å². The standard InChI is InChI=1S/C24H20ClN3O4S/c1-33(31,32)18-6-4-5-15(11-18)24(30)28-22-10-9-17(13-20(22)25)27-23(29)12-16-14-26-21-8-3-2-7-19(16)21/h2-11,13-14,26H,12H2,1H3,(H,27,29)(H,28,30). The third-order valence-electron chi connectivity index (χ3n) is 5.05. The minimum Gasteiger partial charge on any atom is -0.361 e. The van der Waals surface area contributed by atoms with Gasteiger partial charge in [0.1, 0.15) is 0 Å². The van der Waals surface area contributed by atoms with E-state index >= 15 is 0 Å². The molecule has 0 aliphatic carbocycles. The van der Waals surface area contributed by atoms with E-state index in [0.29, 0.717) is 11.4 Å². The van der Waals surface area contributed by atoms with Crippen LogP contribution >= 0.6 is 11.6 Å². The number of benzene rings is 3. The normalized spacial score (nSPS) is 11.3. The number of H-pyrrole nitrogens is 1. The van der Waals surface area contributed by atoms with E-state index in [1.165, 1.54) is 30.3 Å². The molecule has 0 bridgehead atoms. The molecule has 7 nitrogen and oxygen atoms in total. The number of amides is 2. The first-order valence-electron chi connectivity index (χ1n) is 9.96. The minimum atomic E-state index is -3.44. The number of fused-ring (bicyclic) bond motifs is 1. The summed E-state index contributed by atoms with van der Waals surface area (Å²) in [7, 11) is -3.44. The molecule has 0 saturated heterocycles. The lowest BCUT2D eigenvalue weighted by atomic mass is 10.1. The highest BCUT2D eigenvalue weighted by atomic mass is 35.5. The second-order valence-electron chi connectivity index (χ2n) is 7.53. The molecule has 9 heteroatoms. The van der Waals surface area contributed by atoms with E-state index in [9.17, 15) is 18.0 Å². The molecule has 3 aromatic carbocycles. The summed E-state index contributed by atoms with van der Waals surface area (Å²) in [5, 5.41) is 6.68. The SMILES string of the molecule is CS(=O)(=O)c1cccc(C(=O)Nc2ccc(NC(=O)Cc3c[nH]c4ccccc34)cc2Cl)c1. The van der Waals surface area contributed by atoms with Crippen LogP contribution in [0.5, 0.6) is 0 Å². The Balaban J connectivity index is 1.43. The van der Waals surface area contributed by atoms with Crippen molar-refractivity contribution in [1.82, 2.24) is 4.98 Å². The van der Waals surface area contributed by atoms with Crippen LogP contribution < -0.4 is 10.6 Å². The van der Waals surface area contributed by atoms with Crippen molar-refractivity contribution in [3.63, 3.8) is 0 Å². The van der Waals surface area contributed by atoms with Crippen LogP contribution in [0.1, 0.15) is 15.9 Å². The van der Waals surface area contributed by atoms with Crippen molar-refractivity contribution in [2.75, 3.05) is 16.9 Å². The second-order valence-corrected chi connectivity index (χ2v) is 9.96. The van der Waals surface area contributed by atoms with E-state index in [1.807, 2.05) is 30.5 Å². The maximum atomic E-state index is 12.6. The van der Waals surface area contributed by atoms with Crippen molar-refractivity contribution < 1.29 is 18.0 Å². The molecular formula is C24H20ClN3O4S. The number of halogens is 1. The number of sulfone groups is 1. The topological polar surface area (TPSA) is 108 Å². The predicted octanol–water partition coefficient (Wildman–Crippen LogP) is 4.66. The summed E-state index contributed by atoms with van der Waals surface area (Å²) in [4.78, 5) is 28.3. The molecule has 1 aromatic heterocycles. The molecule has 2 amide bonds. The van der Waals surface area contributed by atoms with Gasteiger partial charge in [-0.05, 0) is 48.0 Å². The highest BCUT2D eigenvalue weighted by Crippen LogP contribution is 2.27. The monoisotopic (exact) mass is 481 g/mol. The molecule has 0 aliphatic heterocycles. The van der Waals surface area contributed by atoms with E-state index in [-0.39, 0.29) is 27.8 Å². The molecule has 0 fully saturated rings. The molecule has 0 radical (unpaired) electrons. The largest absolute Gasteiger partial charge is 0.361 e. The Morgan fingerprint density at radius 1 is 0.970 bits per heavy atom. The molecule has 0 aliphatic rings. The second kappa shape index (κ2) is 9.09. The van der Waals surface area contributed by atoms with Crippen LogP contribution in [0, 0.1) is 0 Å². The van der Waals surface area contributed by atoms with Gasteiger partial charge in [0, 0.05) is 34.6 Å². The van der Waals surface area contributed by atoms with Gasteiger partial charge in [0.15, 0.2) is 9.84 Å². The highest BCUT2D eigenvalue weighted by Gasteiger charge is 2.14. The Bertz CT molecular complexity index is 1480. The maximum Gasteiger partial charge on any atom is 0.255 e. The Morgan fingerprint density at radius 2 is 1.76 bits per heavy atom. The molecule has 168 valence electrons. The third kappa shape index (κ3) is 5.24. The average molecular weight is 482 g/mol. The Hall–Kier alpha value is -3.62. The summed E-state index contributed by atoms with van der Waals surface area (Å²) in [6.07, 6.45) is 3.08. The van der Waals surface area contributed by atoms with Crippen molar-refractivity contribution in [3.05, 3.63) is 89.1 Å². The molecule has 0 saturated carbocycles. The van der Waals surface area contributed by atoms with Crippen molar-refractivity contribution >= 4 is 55.5 Å². The fourth-order valence-electron chi connectivity index (χ4n) is 3.41. The fourth-order valence-corrected chi connectivity index (χ4v) is 4.31. The van der Waals surface area contributed by atoms with Gasteiger partial charge >= 0.3 is 0 Å². The molecule has 4 aromatic rings. The summed E-state index contributed by atoms with van der Waals surface area (Å²) < 4.78 is 23.4. The van der Waals surface area contributed by atoms with Crippen molar-refractivity contribution in [3.8, 4) is 0 Å². The summed E-state index contributed by atoms with van der Waals surface area (Å²) >= 11 is 6.30. The van der Waals surface area contributed by atoms with Crippen molar-refractivity contribution in [2.45, 2.75) is 11.3 Å². The van der Waals surface area contributed by atoms with E-state index in [2.05, 4.69) is 15.6 Å². The van der Waals surface area contributed by atoms with E-state index in [0.717, 1.165) is 22.7 Å². The van der Waals surface area contributed by atoms with Crippen LogP contribution in [0.4, 0.5) is 11.4 Å². The first kappa shape index (κ1) is 22.6. The van der Waals surface area contributed by atoms with E-state index in [1.54, 1.807) is 12.1 Å². The van der Waals surface area contributed by atoms with Crippen LogP contribution in [0.2, 0.25) is 5.02 Å². The Kier molecular flexibility index (Phi) is 6.22. The zero-order valence-electron chi connectivity index (χ0n) is 17.6. The first-order chi connectivity index (χ1) is 15.7. The molecule has 33 heavy (non-hydrogen) atoms. The number of nitrogens with one attached hydrogen (secondary N) is 3. The van der Waals surface area contributed by atoms with Gasteiger partial charge in [0.05, 0.1) is 22.0 Å². The summed E-state index contributed by atoms with van der Waals surface area (Å²) in [6, 6.07) is 18.2. The Morgan fingerprint density at radius 3 is 2.52 bits per heavy atom. The van der Waals surface area contributed by atoms with Gasteiger partial charge in [-0.3, -0.25) is 9.59 Å². The number of carbonyl (C=O) groups is 2. The van der Waals surface area contributed by atoms with Crippen LogP contribution in [-0.4, -0.2) is 31.5 Å². The molecule has 4 rings (SSSR count). The number of hydrogen-bond donors (Lipinski definition) is 3. The van der Waals surface area contributed by atoms with Crippen LogP contribution in [-0.2, 0) is 21.1 Å². The van der Waals surface area contributed by atoms with Gasteiger partial charge in [-0.2, -0.15) is 0 Å². The Labute approximate surface area is 195 Å². The number of aromatic nitrogens is 1. The number of anilines is 2. The van der Waals surface area contributed by atoms with Gasteiger partial charge < -0.3 is 15.6 Å². The van der Waals surface area contributed by atoms with Gasteiger partial charge in [0.25, 0.3) is 5.91 Å². The fraction of sp³-hybridized carbons (Fsp3) is 0.0833. The van der Waals surface area contributed by atoms with Crippen LogP contribution in [0.15, 0.2) is 77.8 Å². The van der Waals surface area contributed by atoms with E-state index < -0.39 is 15.7 Å². The maximum absolute atomic E-state index is 12.6. The predicted molar refractivity (Wildman–Crippen MR) is 130 cm³/mol. The lowest BCUT2D eigenvalue weighted by Gasteiger charge is -2.11. The summed E-state index contributed by atoms with van der Waals surface area (Å²) in [5.74, 6) is -0.705. The van der Waals surface area contributed by atoms with Gasteiger partial charge in [-0.25, -0.2) is 8.42 Å². The smallest absolute Gasteiger partial charge is 0.255 e. The van der Waals surface area contributed by atoms with Crippen LogP contribution in [0.25, 0.3) is 10.9 Å². The summed E-state index contributed by atoms with van der Waals surface area (Å²) in [5.41, 5.74) is 2.85. The minimum absolute atomic E-state index is 0.0505. The van der Waals surface area contributed by atoms with Crippen LogP contribution in [0.3, 0.4) is 0 Å². The lowest BCUT2D eigenvalue weighted by molar-refractivity contribution is -0.115. The number of rotatable bonds is 6. The quantitative estimate of drug-likeness (QED) is 0.372. The van der Waals surface area contributed by atoms with Crippen molar-refractivity contribution in [2.24, 2.45) is 0 Å². The molecular weight excluding hydrogens is 462 g/mol. The number of carbonyl (C=O) groups excluding carboxylic acids is 2. The number of aromatic amines is 1. The molecule has 3 N–H and O–H groups in total. The molecule has 0 spiro atoms. The van der Waals surface area contributed by atoms with Crippen molar-refractivity contribution in [1.29, 1.82) is 0 Å². The summed E-state index contributed by atoms with van der Waals surface area (Å²) in [6.45, 7) is 0.